The summed E-state index contributed by atoms with van der Waals surface area (Å²) in [6.07, 6.45) is 0. The molecule has 0 saturated carbocycles. The summed E-state index contributed by atoms with van der Waals surface area (Å²) in [6, 6.07) is 11.1. The van der Waals surface area contributed by atoms with E-state index < -0.39 is 15.4 Å². The first-order valence-electron chi connectivity index (χ1n) is 8.40. The Kier molecular flexibility index (Phi) is 5.98. The maximum atomic E-state index is 12.8. The Hall–Kier alpha value is -2.05. The molecule has 0 aliphatic rings. The number of nitrogens with one attached hydrogen (secondary N) is 1. The van der Waals surface area contributed by atoms with Crippen LogP contribution in [0.15, 0.2) is 41.3 Å². The molecule has 0 fully saturated rings. The van der Waals surface area contributed by atoms with Crippen LogP contribution < -0.4 is 14.2 Å². The SMILES string of the molecule is COc1ccc(C(C)(C)CNS(=O)(=O)c2cc(C)ccc2C)cc1OC. The van der Waals surface area contributed by atoms with Crippen LogP contribution >= 0.6 is 0 Å². The van der Waals surface area contributed by atoms with Crippen molar-refractivity contribution >= 4 is 10.0 Å². The second-order valence-corrected chi connectivity index (χ2v) is 8.78. The van der Waals surface area contributed by atoms with Crippen molar-refractivity contribution in [1.29, 1.82) is 0 Å². The Labute approximate surface area is 156 Å². The minimum absolute atomic E-state index is 0.262. The van der Waals surface area contributed by atoms with E-state index in [1.807, 2.05) is 51.1 Å². The lowest BCUT2D eigenvalue weighted by Gasteiger charge is -2.26. The molecule has 0 saturated heterocycles. The summed E-state index contributed by atoms with van der Waals surface area (Å²) in [5.41, 5.74) is 2.17. The fourth-order valence-electron chi connectivity index (χ4n) is 2.71. The van der Waals surface area contributed by atoms with Gasteiger partial charge in [-0.1, -0.05) is 32.0 Å². The van der Waals surface area contributed by atoms with Crippen LogP contribution in [0.1, 0.15) is 30.5 Å². The standard InChI is InChI=1S/C20H27NO4S/c1-14-7-8-15(2)19(11-14)26(22,23)21-13-20(3,4)16-9-10-17(24-5)18(12-16)25-6/h7-12,21H,13H2,1-6H3. The second-order valence-electron chi connectivity index (χ2n) is 7.05. The first-order valence-corrected chi connectivity index (χ1v) is 9.88. The summed E-state index contributed by atoms with van der Waals surface area (Å²) < 4.78 is 38.9. The predicted octanol–water partition coefficient (Wildman–Crippen LogP) is 3.58. The predicted molar refractivity (Wildman–Crippen MR) is 104 cm³/mol. The van der Waals surface area contributed by atoms with E-state index in [2.05, 4.69) is 4.72 Å². The largest absolute Gasteiger partial charge is 0.493 e. The maximum Gasteiger partial charge on any atom is 0.240 e. The van der Waals surface area contributed by atoms with Gasteiger partial charge in [-0.05, 0) is 48.7 Å². The van der Waals surface area contributed by atoms with Gasteiger partial charge in [0.15, 0.2) is 11.5 Å². The first kappa shape index (κ1) is 20.3. The molecule has 2 rings (SSSR count). The van der Waals surface area contributed by atoms with E-state index in [0.29, 0.717) is 16.4 Å². The molecular weight excluding hydrogens is 350 g/mol. The van der Waals surface area contributed by atoms with Crippen molar-refractivity contribution in [1.82, 2.24) is 4.72 Å². The third-order valence-electron chi connectivity index (χ3n) is 4.50. The minimum atomic E-state index is -3.59. The molecule has 0 atom stereocenters. The lowest BCUT2D eigenvalue weighted by molar-refractivity contribution is 0.353. The molecule has 0 bridgehead atoms. The highest BCUT2D eigenvalue weighted by Crippen LogP contribution is 2.33. The second kappa shape index (κ2) is 7.68. The maximum absolute atomic E-state index is 12.8. The molecule has 2 aromatic carbocycles. The zero-order chi connectivity index (χ0) is 19.5. The van der Waals surface area contributed by atoms with Crippen molar-refractivity contribution in [3.63, 3.8) is 0 Å². The molecule has 0 spiro atoms. The molecule has 1 N–H and O–H groups in total. The van der Waals surface area contributed by atoms with Gasteiger partial charge in [0, 0.05) is 12.0 Å². The molecule has 0 amide bonds. The average molecular weight is 378 g/mol. The van der Waals surface area contributed by atoms with E-state index in [-0.39, 0.29) is 6.54 Å². The third-order valence-corrected chi connectivity index (χ3v) is 6.05. The van der Waals surface area contributed by atoms with E-state index in [4.69, 9.17) is 9.47 Å². The molecule has 0 unspecified atom stereocenters. The molecule has 0 heterocycles. The van der Waals surface area contributed by atoms with Gasteiger partial charge in [0.1, 0.15) is 0 Å². The van der Waals surface area contributed by atoms with E-state index in [0.717, 1.165) is 16.7 Å². The van der Waals surface area contributed by atoms with Gasteiger partial charge < -0.3 is 9.47 Å². The van der Waals surface area contributed by atoms with Crippen molar-refractivity contribution in [3.05, 3.63) is 53.1 Å². The third kappa shape index (κ3) is 4.37. The lowest BCUT2D eigenvalue weighted by Crippen LogP contribution is -2.37. The highest BCUT2D eigenvalue weighted by molar-refractivity contribution is 7.89. The first-order chi connectivity index (χ1) is 12.1. The molecule has 142 valence electrons. The van der Waals surface area contributed by atoms with Gasteiger partial charge in [-0.2, -0.15) is 0 Å². The zero-order valence-corrected chi connectivity index (χ0v) is 17.0. The highest BCUT2D eigenvalue weighted by atomic mass is 32.2. The number of hydrogen-bond acceptors (Lipinski definition) is 4. The fourth-order valence-corrected chi connectivity index (χ4v) is 4.25. The number of ether oxygens (including phenoxy) is 2. The quantitative estimate of drug-likeness (QED) is 0.801. The smallest absolute Gasteiger partial charge is 0.240 e. The van der Waals surface area contributed by atoms with Crippen LogP contribution in [0.4, 0.5) is 0 Å². The van der Waals surface area contributed by atoms with Gasteiger partial charge in [-0.3, -0.25) is 0 Å². The van der Waals surface area contributed by atoms with Crippen molar-refractivity contribution in [2.45, 2.75) is 38.0 Å². The summed E-state index contributed by atoms with van der Waals surface area (Å²) in [5.74, 6) is 1.26. The van der Waals surface area contributed by atoms with Crippen molar-refractivity contribution in [2.24, 2.45) is 0 Å². The summed E-state index contributed by atoms with van der Waals surface area (Å²) >= 11 is 0. The van der Waals surface area contributed by atoms with Crippen LogP contribution in [0.25, 0.3) is 0 Å². The lowest BCUT2D eigenvalue weighted by atomic mass is 9.85. The number of hydrogen-bond donors (Lipinski definition) is 1. The van der Waals surface area contributed by atoms with Crippen LogP contribution in [0.5, 0.6) is 11.5 Å². The number of methoxy groups -OCH3 is 2. The van der Waals surface area contributed by atoms with Crippen LogP contribution in [0.3, 0.4) is 0 Å². The Bertz CT molecular complexity index is 889. The molecule has 0 aliphatic carbocycles. The van der Waals surface area contributed by atoms with Crippen molar-refractivity contribution in [3.8, 4) is 11.5 Å². The molecule has 0 aliphatic heterocycles. The summed E-state index contributed by atoms with van der Waals surface area (Å²) in [4.78, 5) is 0.320. The number of rotatable bonds is 7. The monoisotopic (exact) mass is 377 g/mol. The summed E-state index contributed by atoms with van der Waals surface area (Å²) in [5, 5.41) is 0. The van der Waals surface area contributed by atoms with Crippen LogP contribution in [0, 0.1) is 13.8 Å². The molecule has 0 radical (unpaired) electrons. The normalized spacial score (nSPS) is 12.1. The Morgan fingerprint density at radius 3 is 2.23 bits per heavy atom. The van der Waals surface area contributed by atoms with E-state index in [1.165, 1.54) is 0 Å². The van der Waals surface area contributed by atoms with Crippen molar-refractivity contribution < 1.29 is 17.9 Å². The van der Waals surface area contributed by atoms with E-state index in [1.54, 1.807) is 27.2 Å². The van der Waals surface area contributed by atoms with Gasteiger partial charge in [0.2, 0.25) is 10.0 Å². The topological polar surface area (TPSA) is 64.6 Å². The van der Waals surface area contributed by atoms with Gasteiger partial charge in [0.05, 0.1) is 19.1 Å². The zero-order valence-electron chi connectivity index (χ0n) is 16.2. The minimum Gasteiger partial charge on any atom is -0.493 e. The van der Waals surface area contributed by atoms with Crippen LogP contribution in [-0.4, -0.2) is 29.2 Å². The Morgan fingerprint density at radius 2 is 1.62 bits per heavy atom. The number of sulfonamides is 1. The van der Waals surface area contributed by atoms with E-state index in [9.17, 15) is 8.42 Å². The molecular formula is C20H27NO4S. The van der Waals surface area contributed by atoms with Crippen LogP contribution in [0.2, 0.25) is 0 Å². The molecule has 5 nitrogen and oxygen atoms in total. The summed E-state index contributed by atoms with van der Waals surface area (Å²) in [7, 11) is -0.424. The van der Waals surface area contributed by atoms with E-state index >= 15 is 0 Å². The molecule has 2 aromatic rings. The van der Waals surface area contributed by atoms with Crippen LogP contribution in [-0.2, 0) is 15.4 Å². The fraction of sp³-hybridized carbons (Fsp3) is 0.400. The Morgan fingerprint density at radius 1 is 0.962 bits per heavy atom. The number of aryl methyl sites for hydroxylation is 2. The molecule has 6 heteroatoms. The van der Waals surface area contributed by atoms with Gasteiger partial charge in [0.25, 0.3) is 0 Å². The van der Waals surface area contributed by atoms with Crippen molar-refractivity contribution in [2.75, 3.05) is 20.8 Å². The van der Waals surface area contributed by atoms with Gasteiger partial charge >= 0.3 is 0 Å². The van der Waals surface area contributed by atoms with Gasteiger partial charge in [-0.25, -0.2) is 13.1 Å². The average Bonchev–Trinajstić information content (AvgIpc) is 2.61. The Balaban J connectivity index is 2.25. The highest BCUT2D eigenvalue weighted by Gasteiger charge is 2.26. The van der Waals surface area contributed by atoms with Gasteiger partial charge in [-0.15, -0.1) is 0 Å². The number of benzene rings is 2. The molecule has 0 aromatic heterocycles. The summed E-state index contributed by atoms with van der Waals surface area (Å²) in [6.45, 7) is 7.91. The molecule has 26 heavy (non-hydrogen) atoms.